The second-order valence-electron chi connectivity index (χ2n) is 8.16. The molecular weight excluding hydrogens is 400 g/mol. The maximum absolute atomic E-state index is 12.9. The van der Waals surface area contributed by atoms with Gasteiger partial charge < -0.3 is 25.6 Å². The fourth-order valence-electron chi connectivity index (χ4n) is 2.85. The van der Waals surface area contributed by atoms with Gasteiger partial charge >= 0.3 is 12.1 Å². The Balaban J connectivity index is 2.15. The van der Waals surface area contributed by atoms with Gasteiger partial charge in [-0.25, -0.2) is 9.59 Å². The van der Waals surface area contributed by atoms with Gasteiger partial charge in [0.15, 0.2) is 0 Å². The smallest absolute Gasteiger partial charge is 0.408 e. The first-order chi connectivity index (χ1) is 14.5. The standard InChI is InChI=1S/C23H28N2O6/c1-23(2,3)31-22(30)25-18(13-15-7-5-4-6-8-15)20(27)24-19(21(28)29)14-16-9-11-17(26)12-10-16/h4-12,18-19,26H,13-14H2,1-3H3,(H,24,27)(H,25,30)(H,28,29)/t18-,19-/m0/s1. The van der Waals surface area contributed by atoms with E-state index in [0.717, 1.165) is 5.56 Å². The number of aliphatic carboxylic acids is 1. The van der Waals surface area contributed by atoms with Crippen LogP contribution in [-0.2, 0) is 27.2 Å². The van der Waals surface area contributed by atoms with Gasteiger partial charge in [-0.15, -0.1) is 0 Å². The van der Waals surface area contributed by atoms with E-state index in [1.54, 1.807) is 32.9 Å². The molecule has 0 aliphatic carbocycles. The van der Waals surface area contributed by atoms with Gasteiger partial charge in [0.25, 0.3) is 0 Å². The number of nitrogens with one attached hydrogen (secondary N) is 2. The summed E-state index contributed by atoms with van der Waals surface area (Å²) in [5, 5.41) is 24.0. The van der Waals surface area contributed by atoms with Crippen molar-refractivity contribution in [2.45, 2.75) is 51.3 Å². The van der Waals surface area contributed by atoms with Crippen LogP contribution in [0.4, 0.5) is 4.79 Å². The highest BCUT2D eigenvalue weighted by Crippen LogP contribution is 2.12. The van der Waals surface area contributed by atoms with E-state index in [4.69, 9.17) is 4.74 Å². The number of benzene rings is 2. The van der Waals surface area contributed by atoms with E-state index in [0.29, 0.717) is 5.56 Å². The fourth-order valence-corrected chi connectivity index (χ4v) is 2.85. The molecule has 2 amide bonds. The Kier molecular flexibility index (Phi) is 8.01. The maximum Gasteiger partial charge on any atom is 0.408 e. The first kappa shape index (κ1) is 23.7. The predicted molar refractivity (Wildman–Crippen MR) is 115 cm³/mol. The number of carboxylic acids is 1. The number of phenolic OH excluding ortho intramolecular Hbond substituents is 1. The van der Waals surface area contributed by atoms with Crippen molar-refractivity contribution in [3.8, 4) is 5.75 Å². The van der Waals surface area contributed by atoms with Crippen LogP contribution in [0.5, 0.6) is 5.75 Å². The quantitative estimate of drug-likeness (QED) is 0.512. The fraction of sp³-hybridized carbons (Fsp3) is 0.348. The Morgan fingerprint density at radius 3 is 1.97 bits per heavy atom. The van der Waals surface area contributed by atoms with Crippen LogP contribution in [0, 0.1) is 0 Å². The molecule has 8 heteroatoms. The number of amides is 2. The first-order valence-electron chi connectivity index (χ1n) is 9.88. The van der Waals surface area contributed by atoms with Crippen LogP contribution in [0.25, 0.3) is 0 Å². The second kappa shape index (κ2) is 10.5. The van der Waals surface area contributed by atoms with E-state index in [-0.39, 0.29) is 18.6 Å². The summed E-state index contributed by atoms with van der Waals surface area (Å²) >= 11 is 0. The average molecular weight is 428 g/mol. The predicted octanol–water partition coefficient (Wildman–Crippen LogP) is 2.64. The SMILES string of the molecule is CC(C)(C)OC(=O)N[C@@H](Cc1ccccc1)C(=O)N[C@@H](Cc1ccc(O)cc1)C(=O)O. The van der Waals surface area contributed by atoms with Crippen molar-refractivity contribution in [2.24, 2.45) is 0 Å². The molecule has 0 heterocycles. The molecule has 0 aliphatic rings. The van der Waals surface area contributed by atoms with Gasteiger partial charge in [-0.2, -0.15) is 0 Å². The number of hydrogen-bond donors (Lipinski definition) is 4. The molecule has 0 fully saturated rings. The van der Waals surface area contributed by atoms with Crippen molar-refractivity contribution in [1.29, 1.82) is 0 Å². The summed E-state index contributed by atoms with van der Waals surface area (Å²) in [5.74, 6) is -1.79. The highest BCUT2D eigenvalue weighted by Gasteiger charge is 2.28. The molecule has 2 aromatic carbocycles. The van der Waals surface area contributed by atoms with Crippen LogP contribution >= 0.6 is 0 Å². The lowest BCUT2D eigenvalue weighted by atomic mass is 10.0. The lowest BCUT2D eigenvalue weighted by molar-refractivity contribution is -0.142. The normalized spacial score (nSPS) is 13.0. The minimum atomic E-state index is -1.21. The molecule has 0 unspecified atom stereocenters. The molecule has 0 radical (unpaired) electrons. The lowest BCUT2D eigenvalue weighted by Gasteiger charge is -2.24. The van der Waals surface area contributed by atoms with E-state index >= 15 is 0 Å². The van der Waals surface area contributed by atoms with E-state index in [2.05, 4.69) is 10.6 Å². The highest BCUT2D eigenvalue weighted by atomic mass is 16.6. The zero-order chi connectivity index (χ0) is 23.0. The molecule has 2 atom stereocenters. The molecule has 0 saturated heterocycles. The maximum atomic E-state index is 12.9. The van der Waals surface area contributed by atoms with E-state index in [1.165, 1.54) is 12.1 Å². The van der Waals surface area contributed by atoms with E-state index in [1.807, 2.05) is 30.3 Å². The number of carbonyl (C=O) groups is 3. The van der Waals surface area contributed by atoms with E-state index < -0.39 is 35.7 Å². The van der Waals surface area contributed by atoms with Gasteiger partial charge in [-0.3, -0.25) is 4.79 Å². The monoisotopic (exact) mass is 428 g/mol. The molecule has 8 nitrogen and oxygen atoms in total. The van der Waals surface area contributed by atoms with E-state index in [9.17, 15) is 24.6 Å². The third kappa shape index (κ3) is 8.38. The van der Waals surface area contributed by atoms with Crippen LogP contribution in [0.15, 0.2) is 54.6 Å². The summed E-state index contributed by atoms with van der Waals surface area (Å²) in [6.45, 7) is 5.12. The summed E-state index contributed by atoms with van der Waals surface area (Å²) < 4.78 is 5.25. The molecule has 2 aromatic rings. The summed E-state index contributed by atoms with van der Waals surface area (Å²) in [4.78, 5) is 36.9. The number of phenols is 1. The Bertz CT molecular complexity index is 891. The molecule has 0 bridgehead atoms. The molecule has 31 heavy (non-hydrogen) atoms. The van der Waals surface area contributed by atoms with Crippen LogP contribution in [0.2, 0.25) is 0 Å². The topological polar surface area (TPSA) is 125 Å². The summed E-state index contributed by atoms with van der Waals surface area (Å²) in [6, 6.07) is 12.9. The lowest BCUT2D eigenvalue weighted by Crippen LogP contribution is -2.53. The third-order valence-corrected chi connectivity index (χ3v) is 4.28. The van der Waals surface area contributed by atoms with Gasteiger partial charge in [0, 0.05) is 12.8 Å². The van der Waals surface area contributed by atoms with Crippen molar-refractivity contribution in [3.05, 3.63) is 65.7 Å². The Labute approximate surface area is 181 Å². The van der Waals surface area contributed by atoms with Crippen LogP contribution in [-0.4, -0.2) is 45.9 Å². The van der Waals surface area contributed by atoms with Crippen molar-refractivity contribution < 1.29 is 29.3 Å². The highest BCUT2D eigenvalue weighted by molar-refractivity contribution is 5.89. The zero-order valence-electron chi connectivity index (χ0n) is 17.8. The molecular formula is C23H28N2O6. The Hall–Kier alpha value is -3.55. The molecule has 2 rings (SSSR count). The first-order valence-corrected chi connectivity index (χ1v) is 9.88. The van der Waals surface area contributed by atoms with Crippen molar-refractivity contribution in [2.75, 3.05) is 0 Å². The zero-order valence-corrected chi connectivity index (χ0v) is 17.8. The number of rotatable bonds is 8. The van der Waals surface area contributed by atoms with Crippen molar-refractivity contribution >= 4 is 18.0 Å². The number of ether oxygens (including phenoxy) is 1. The Morgan fingerprint density at radius 2 is 1.42 bits per heavy atom. The average Bonchev–Trinajstić information content (AvgIpc) is 2.67. The minimum Gasteiger partial charge on any atom is -0.508 e. The van der Waals surface area contributed by atoms with Crippen molar-refractivity contribution in [1.82, 2.24) is 10.6 Å². The largest absolute Gasteiger partial charge is 0.508 e. The van der Waals surface area contributed by atoms with Crippen LogP contribution < -0.4 is 10.6 Å². The molecule has 0 aliphatic heterocycles. The summed E-state index contributed by atoms with van der Waals surface area (Å²) in [7, 11) is 0. The molecule has 166 valence electrons. The van der Waals surface area contributed by atoms with Gasteiger partial charge in [-0.05, 0) is 44.0 Å². The number of alkyl carbamates (subject to hydrolysis) is 1. The molecule has 0 saturated carbocycles. The van der Waals surface area contributed by atoms with Crippen molar-refractivity contribution in [3.63, 3.8) is 0 Å². The van der Waals surface area contributed by atoms with Gasteiger partial charge in [0.1, 0.15) is 23.4 Å². The second-order valence-corrected chi connectivity index (χ2v) is 8.16. The molecule has 4 N–H and O–H groups in total. The molecule has 0 aromatic heterocycles. The Morgan fingerprint density at radius 1 is 0.871 bits per heavy atom. The summed E-state index contributed by atoms with van der Waals surface area (Å²) in [5.41, 5.74) is 0.676. The van der Waals surface area contributed by atoms with Crippen LogP contribution in [0.3, 0.4) is 0 Å². The third-order valence-electron chi connectivity index (χ3n) is 4.28. The summed E-state index contributed by atoms with van der Waals surface area (Å²) in [6.07, 6.45) is -0.586. The minimum absolute atomic E-state index is 0.0197. The number of aromatic hydroxyl groups is 1. The van der Waals surface area contributed by atoms with Gasteiger partial charge in [0.2, 0.25) is 5.91 Å². The van der Waals surface area contributed by atoms with Gasteiger partial charge in [0.05, 0.1) is 0 Å². The van der Waals surface area contributed by atoms with Crippen LogP contribution in [0.1, 0.15) is 31.9 Å². The van der Waals surface area contributed by atoms with Gasteiger partial charge in [-0.1, -0.05) is 42.5 Å². The number of hydrogen-bond acceptors (Lipinski definition) is 5. The number of carboxylic acid groups (broad SMARTS) is 1. The molecule has 0 spiro atoms. The number of carbonyl (C=O) groups excluding carboxylic acids is 2.